The Balaban J connectivity index is 1.75. The summed E-state index contributed by atoms with van der Waals surface area (Å²) in [5.41, 5.74) is 0.445. The topological polar surface area (TPSA) is 85.8 Å². The first-order valence-electron chi connectivity index (χ1n) is 8.13. The highest BCUT2D eigenvalue weighted by atomic mass is 32.1. The van der Waals surface area contributed by atoms with Crippen LogP contribution in [0.3, 0.4) is 0 Å². The van der Waals surface area contributed by atoms with Gasteiger partial charge in [0.25, 0.3) is 5.91 Å². The molecule has 1 unspecified atom stereocenters. The van der Waals surface area contributed by atoms with Gasteiger partial charge in [-0.3, -0.25) is 9.48 Å². The quantitative estimate of drug-likeness (QED) is 0.682. The molecule has 0 saturated heterocycles. The molecule has 1 N–H and O–H groups in total. The van der Waals surface area contributed by atoms with Crippen molar-refractivity contribution in [3.05, 3.63) is 40.9 Å². The van der Waals surface area contributed by atoms with Gasteiger partial charge < -0.3 is 9.84 Å². The number of alkyl halides is 3. The highest BCUT2D eigenvalue weighted by Gasteiger charge is 2.38. The molecule has 0 aliphatic rings. The summed E-state index contributed by atoms with van der Waals surface area (Å²) < 4.78 is 43.6. The SMILES string of the molecule is CCCNC(=O)c1cnn(C(C)c2ccc(-c3noc(C(F)(F)F)n3)s2)c1. The molecule has 0 aliphatic heterocycles. The molecule has 3 aromatic heterocycles. The summed E-state index contributed by atoms with van der Waals surface area (Å²) >= 11 is 1.23. The van der Waals surface area contributed by atoms with Crippen LogP contribution in [-0.4, -0.2) is 32.4 Å². The lowest BCUT2D eigenvalue weighted by molar-refractivity contribution is -0.159. The molecule has 3 rings (SSSR count). The minimum Gasteiger partial charge on any atom is -0.352 e. The van der Waals surface area contributed by atoms with Gasteiger partial charge >= 0.3 is 12.1 Å². The van der Waals surface area contributed by atoms with Gasteiger partial charge in [0.2, 0.25) is 5.82 Å². The lowest BCUT2D eigenvalue weighted by atomic mass is 10.2. The van der Waals surface area contributed by atoms with E-state index in [1.54, 1.807) is 23.0 Å². The predicted molar refractivity (Wildman–Crippen MR) is 91.3 cm³/mol. The molecule has 3 aromatic rings. The zero-order chi connectivity index (χ0) is 19.6. The largest absolute Gasteiger partial charge is 0.471 e. The van der Waals surface area contributed by atoms with Crippen LogP contribution in [0.2, 0.25) is 0 Å². The third-order valence-corrected chi connectivity index (χ3v) is 4.97. The van der Waals surface area contributed by atoms with E-state index in [1.165, 1.54) is 17.5 Å². The fourth-order valence-electron chi connectivity index (χ4n) is 2.27. The van der Waals surface area contributed by atoms with E-state index in [2.05, 4.69) is 25.1 Å². The van der Waals surface area contributed by atoms with Crippen molar-refractivity contribution in [2.24, 2.45) is 0 Å². The molecule has 0 spiro atoms. The molecule has 0 aromatic carbocycles. The molecule has 27 heavy (non-hydrogen) atoms. The first-order chi connectivity index (χ1) is 12.8. The van der Waals surface area contributed by atoms with Crippen molar-refractivity contribution in [2.45, 2.75) is 32.5 Å². The smallest absolute Gasteiger partial charge is 0.352 e. The van der Waals surface area contributed by atoms with E-state index in [0.717, 1.165) is 11.3 Å². The Bertz CT molecular complexity index is 931. The molecule has 0 bridgehead atoms. The summed E-state index contributed by atoms with van der Waals surface area (Å²) in [5, 5.41) is 10.4. The Morgan fingerprint density at radius 1 is 1.41 bits per heavy atom. The van der Waals surface area contributed by atoms with E-state index in [9.17, 15) is 18.0 Å². The van der Waals surface area contributed by atoms with Gasteiger partial charge in [0.1, 0.15) is 0 Å². The number of halogens is 3. The maximum absolute atomic E-state index is 12.6. The lowest BCUT2D eigenvalue weighted by Gasteiger charge is -2.09. The predicted octanol–water partition coefficient (Wildman–Crippen LogP) is 3.76. The minimum atomic E-state index is -4.68. The van der Waals surface area contributed by atoms with Crippen LogP contribution in [0.15, 0.2) is 29.0 Å². The molecule has 144 valence electrons. The lowest BCUT2D eigenvalue weighted by Crippen LogP contribution is -2.23. The highest BCUT2D eigenvalue weighted by Crippen LogP contribution is 2.34. The van der Waals surface area contributed by atoms with Crippen molar-refractivity contribution in [3.63, 3.8) is 0 Å². The van der Waals surface area contributed by atoms with E-state index in [1.807, 2.05) is 13.8 Å². The van der Waals surface area contributed by atoms with E-state index >= 15 is 0 Å². The van der Waals surface area contributed by atoms with E-state index in [-0.39, 0.29) is 17.8 Å². The Labute approximate surface area is 156 Å². The summed E-state index contributed by atoms with van der Waals surface area (Å²) in [4.78, 5) is 16.6. The van der Waals surface area contributed by atoms with Gasteiger partial charge in [-0.2, -0.15) is 23.3 Å². The second-order valence-electron chi connectivity index (χ2n) is 5.76. The first kappa shape index (κ1) is 19.1. The molecule has 1 atom stereocenters. The number of nitrogens with zero attached hydrogens (tertiary/aromatic N) is 4. The standard InChI is InChI=1S/C16H16F3N5O2S/c1-3-6-20-14(25)10-7-21-24(8-10)9(2)11-4-5-12(27-11)13-22-15(26-23-13)16(17,18)19/h4-5,7-9H,3,6H2,1-2H3,(H,20,25). The van der Waals surface area contributed by atoms with Gasteiger partial charge in [-0.1, -0.05) is 12.1 Å². The van der Waals surface area contributed by atoms with Gasteiger partial charge in [0.15, 0.2) is 0 Å². The molecular weight excluding hydrogens is 383 g/mol. The summed E-state index contributed by atoms with van der Waals surface area (Å²) in [6.07, 6.45) is -0.737. The van der Waals surface area contributed by atoms with Crippen molar-refractivity contribution in [1.82, 2.24) is 25.2 Å². The molecule has 0 radical (unpaired) electrons. The third-order valence-electron chi connectivity index (χ3n) is 3.72. The van der Waals surface area contributed by atoms with Crippen LogP contribution in [-0.2, 0) is 6.18 Å². The molecule has 11 heteroatoms. The minimum absolute atomic E-state index is 0.120. The van der Waals surface area contributed by atoms with E-state index in [4.69, 9.17) is 0 Å². The summed E-state index contributed by atoms with van der Waals surface area (Å²) in [5.74, 6) is -1.70. The van der Waals surface area contributed by atoms with Gasteiger partial charge in [-0.05, 0) is 25.5 Å². The number of nitrogens with one attached hydrogen (secondary N) is 1. The van der Waals surface area contributed by atoms with Crippen LogP contribution in [0.25, 0.3) is 10.7 Å². The van der Waals surface area contributed by atoms with E-state index in [0.29, 0.717) is 17.0 Å². The maximum atomic E-state index is 12.6. The number of thiophene rings is 1. The van der Waals surface area contributed by atoms with Crippen molar-refractivity contribution in [2.75, 3.05) is 6.54 Å². The number of hydrogen-bond donors (Lipinski definition) is 1. The molecule has 7 nitrogen and oxygen atoms in total. The van der Waals surface area contributed by atoms with Crippen molar-refractivity contribution < 1.29 is 22.5 Å². The van der Waals surface area contributed by atoms with Crippen molar-refractivity contribution in [3.8, 4) is 10.7 Å². The number of hydrogen-bond acceptors (Lipinski definition) is 6. The van der Waals surface area contributed by atoms with Crippen LogP contribution >= 0.6 is 11.3 Å². The second kappa shape index (κ2) is 7.51. The Kier molecular flexibility index (Phi) is 5.31. The highest BCUT2D eigenvalue weighted by molar-refractivity contribution is 7.15. The molecule has 0 fully saturated rings. The van der Waals surface area contributed by atoms with Gasteiger partial charge in [-0.25, -0.2) is 0 Å². The van der Waals surface area contributed by atoms with Crippen LogP contribution in [0.1, 0.15) is 47.4 Å². The van der Waals surface area contributed by atoms with Crippen molar-refractivity contribution >= 4 is 17.2 Å². The van der Waals surface area contributed by atoms with Gasteiger partial charge in [-0.15, -0.1) is 11.3 Å². The fourth-order valence-corrected chi connectivity index (χ4v) is 3.25. The Morgan fingerprint density at radius 3 is 2.85 bits per heavy atom. The molecule has 0 saturated carbocycles. The molecule has 1 amide bonds. The summed E-state index contributed by atoms with van der Waals surface area (Å²) in [6.45, 7) is 4.41. The number of aromatic nitrogens is 4. The second-order valence-corrected chi connectivity index (χ2v) is 6.88. The van der Waals surface area contributed by atoms with Crippen LogP contribution in [0.4, 0.5) is 13.2 Å². The zero-order valence-corrected chi connectivity index (χ0v) is 15.3. The van der Waals surface area contributed by atoms with Crippen LogP contribution in [0.5, 0.6) is 0 Å². The Morgan fingerprint density at radius 2 is 2.19 bits per heavy atom. The zero-order valence-electron chi connectivity index (χ0n) is 14.4. The monoisotopic (exact) mass is 399 g/mol. The van der Waals surface area contributed by atoms with Crippen LogP contribution in [0, 0.1) is 0 Å². The molecule has 0 aliphatic carbocycles. The van der Waals surface area contributed by atoms with Gasteiger partial charge in [0.05, 0.1) is 22.7 Å². The average molecular weight is 399 g/mol. The fraction of sp³-hybridized carbons (Fsp3) is 0.375. The number of carbonyl (C=O) groups excluding carboxylic acids is 1. The normalized spacial score (nSPS) is 12.9. The Hall–Kier alpha value is -2.69. The molecular formula is C16H16F3N5O2S. The average Bonchev–Trinajstić information content (AvgIpc) is 3.37. The number of carbonyl (C=O) groups is 1. The summed E-state index contributed by atoms with van der Waals surface area (Å²) in [6, 6.07) is 3.16. The number of amides is 1. The van der Waals surface area contributed by atoms with E-state index < -0.39 is 12.1 Å². The van der Waals surface area contributed by atoms with Gasteiger partial charge in [0, 0.05) is 17.6 Å². The van der Waals surface area contributed by atoms with Crippen molar-refractivity contribution in [1.29, 1.82) is 0 Å². The van der Waals surface area contributed by atoms with Crippen LogP contribution < -0.4 is 5.32 Å². The first-order valence-corrected chi connectivity index (χ1v) is 8.94. The third kappa shape index (κ3) is 4.18. The molecule has 3 heterocycles. The maximum Gasteiger partial charge on any atom is 0.471 e. The number of rotatable bonds is 6. The summed E-state index contributed by atoms with van der Waals surface area (Å²) in [7, 11) is 0.